The number of aryl methyl sites for hydroxylation is 1. The highest BCUT2D eigenvalue weighted by Gasteiger charge is 2.17. The molecular formula is C12H17N5O2S. The van der Waals surface area contributed by atoms with Crippen LogP contribution in [-0.2, 0) is 30.0 Å². The Morgan fingerprint density at radius 2 is 2.25 bits per heavy atom. The van der Waals surface area contributed by atoms with Gasteiger partial charge in [0.05, 0.1) is 11.9 Å². The third-order valence-corrected chi connectivity index (χ3v) is 4.33. The molecule has 2 aromatic rings. The summed E-state index contributed by atoms with van der Waals surface area (Å²) in [5.41, 5.74) is 6.84. The predicted octanol–water partition coefficient (Wildman–Crippen LogP) is -0.205. The van der Waals surface area contributed by atoms with Crippen molar-refractivity contribution in [3.63, 3.8) is 0 Å². The molecule has 0 radical (unpaired) electrons. The van der Waals surface area contributed by atoms with Crippen LogP contribution in [0.25, 0.3) is 0 Å². The number of hydrogen-bond donors (Lipinski definition) is 2. The number of hydrogen-bond acceptors (Lipinski definition) is 5. The third-order valence-electron chi connectivity index (χ3n) is 2.80. The van der Waals surface area contributed by atoms with E-state index in [9.17, 15) is 8.42 Å². The first-order valence-corrected chi connectivity index (χ1v) is 7.62. The molecule has 8 heteroatoms. The molecule has 0 fully saturated rings. The van der Waals surface area contributed by atoms with Crippen LogP contribution in [-0.4, -0.2) is 29.7 Å². The predicted molar refractivity (Wildman–Crippen MR) is 74.2 cm³/mol. The van der Waals surface area contributed by atoms with Crippen molar-refractivity contribution in [2.75, 3.05) is 6.54 Å². The highest BCUT2D eigenvalue weighted by atomic mass is 32.2. The van der Waals surface area contributed by atoms with Gasteiger partial charge in [0, 0.05) is 32.5 Å². The topological polar surface area (TPSA) is 103 Å². The zero-order chi connectivity index (χ0) is 14.6. The van der Waals surface area contributed by atoms with Crippen LogP contribution in [0.3, 0.4) is 0 Å². The van der Waals surface area contributed by atoms with Crippen LogP contribution in [0.1, 0.15) is 11.3 Å². The molecule has 0 aromatic carbocycles. The highest BCUT2D eigenvalue weighted by Crippen LogP contribution is 2.12. The normalized spacial score (nSPS) is 11.7. The molecule has 0 amide bonds. The quantitative estimate of drug-likeness (QED) is 0.768. The van der Waals surface area contributed by atoms with E-state index in [1.54, 1.807) is 16.9 Å². The zero-order valence-corrected chi connectivity index (χ0v) is 12.0. The van der Waals surface area contributed by atoms with E-state index in [2.05, 4.69) is 14.8 Å². The van der Waals surface area contributed by atoms with Crippen LogP contribution in [0.4, 0.5) is 0 Å². The van der Waals surface area contributed by atoms with E-state index in [0.717, 1.165) is 5.56 Å². The number of nitrogens with zero attached hydrogens (tertiary/aromatic N) is 3. The maximum absolute atomic E-state index is 12.2. The maximum Gasteiger partial charge on any atom is 0.242 e. The minimum absolute atomic E-state index is 0.0830. The maximum atomic E-state index is 12.2. The van der Waals surface area contributed by atoms with E-state index >= 15 is 0 Å². The highest BCUT2D eigenvalue weighted by molar-refractivity contribution is 7.89. The number of pyridine rings is 1. The summed E-state index contributed by atoms with van der Waals surface area (Å²) in [6.45, 7) is 0.382. The van der Waals surface area contributed by atoms with Crippen molar-refractivity contribution >= 4 is 10.0 Å². The molecule has 2 heterocycles. The molecular weight excluding hydrogens is 278 g/mol. The molecule has 0 atom stereocenters. The van der Waals surface area contributed by atoms with Gasteiger partial charge in [-0.05, 0) is 24.1 Å². The first-order valence-electron chi connectivity index (χ1n) is 6.14. The number of sulfonamides is 1. The minimum Gasteiger partial charge on any atom is -0.325 e. The van der Waals surface area contributed by atoms with Crippen LogP contribution < -0.4 is 10.5 Å². The number of rotatable bonds is 6. The second kappa shape index (κ2) is 6.12. The molecule has 7 nitrogen and oxygen atoms in total. The van der Waals surface area contributed by atoms with Crippen molar-refractivity contribution in [2.24, 2.45) is 12.8 Å². The summed E-state index contributed by atoms with van der Waals surface area (Å²) in [7, 11) is -1.77. The van der Waals surface area contributed by atoms with E-state index in [0.29, 0.717) is 18.7 Å². The Bertz CT molecular complexity index is 681. The molecule has 0 saturated heterocycles. The van der Waals surface area contributed by atoms with Crippen LogP contribution >= 0.6 is 0 Å². The molecule has 2 aromatic heterocycles. The molecule has 0 spiro atoms. The van der Waals surface area contributed by atoms with Gasteiger partial charge in [-0.25, -0.2) is 13.1 Å². The lowest BCUT2D eigenvalue weighted by molar-refractivity contribution is 0.579. The van der Waals surface area contributed by atoms with E-state index in [4.69, 9.17) is 5.73 Å². The fraction of sp³-hybridized carbons (Fsp3) is 0.333. The fourth-order valence-corrected chi connectivity index (χ4v) is 3.06. The van der Waals surface area contributed by atoms with Crippen LogP contribution in [0.15, 0.2) is 35.6 Å². The Morgan fingerprint density at radius 1 is 1.45 bits per heavy atom. The summed E-state index contributed by atoms with van der Waals surface area (Å²) in [5, 5.41) is 4.03. The van der Waals surface area contributed by atoms with Crippen molar-refractivity contribution < 1.29 is 8.42 Å². The Kier molecular flexibility index (Phi) is 4.48. The first-order chi connectivity index (χ1) is 9.53. The molecule has 0 saturated carbocycles. The van der Waals surface area contributed by atoms with Crippen molar-refractivity contribution in [1.82, 2.24) is 19.5 Å². The molecule has 0 aliphatic carbocycles. The molecule has 108 valence electrons. The lowest BCUT2D eigenvalue weighted by Crippen LogP contribution is -2.27. The van der Waals surface area contributed by atoms with Gasteiger partial charge in [0.25, 0.3) is 0 Å². The van der Waals surface area contributed by atoms with Crippen molar-refractivity contribution in [3.8, 4) is 0 Å². The Balaban J connectivity index is 2.04. The lowest BCUT2D eigenvalue weighted by atomic mass is 10.3. The summed E-state index contributed by atoms with van der Waals surface area (Å²) in [5.74, 6) is 0. The summed E-state index contributed by atoms with van der Waals surface area (Å²) >= 11 is 0. The van der Waals surface area contributed by atoms with Crippen molar-refractivity contribution in [1.29, 1.82) is 0 Å². The second-order valence-electron chi connectivity index (χ2n) is 4.32. The molecule has 0 bridgehead atoms. The van der Waals surface area contributed by atoms with Crippen LogP contribution in [0.2, 0.25) is 0 Å². The van der Waals surface area contributed by atoms with Gasteiger partial charge < -0.3 is 5.73 Å². The smallest absolute Gasteiger partial charge is 0.242 e. The average molecular weight is 295 g/mol. The number of nitrogens with two attached hydrogens (primary N) is 1. The third kappa shape index (κ3) is 3.41. The minimum atomic E-state index is -3.59. The number of nitrogens with one attached hydrogen (secondary N) is 1. The molecule has 0 unspecified atom stereocenters. The van der Waals surface area contributed by atoms with E-state index in [-0.39, 0.29) is 11.4 Å². The van der Waals surface area contributed by atoms with Gasteiger partial charge in [-0.15, -0.1) is 0 Å². The monoisotopic (exact) mass is 295 g/mol. The molecule has 2 rings (SSSR count). The average Bonchev–Trinajstić information content (AvgIpc) is 2.84. The van der Waals surface area contributed by atoms with Crippen LogP contribution in [0, 0.1) is 0 Å². The van der Waals surface area contributed by atoms with Gasteiger partial charge in [0.2, 0.25) is 10.0 Å². The summed E-state index contributed by atoms with van der Waals surface area (Å²) in [6.07, 6.45) is 5.66. The van der Waals surface area contributed by atoms with Crippen LogP contribution in [0.5, 0.6) is 0 Å². The van der Waals surface area contributed by atoms with Gasteiger partial charge in [-0.2, -0.15) is 5.10 Å². The number of aromatic nitrogens is 3. The van der Waals surface area contributed by atoms with E-state index in [1.165, 1.54) is 12.3 Å². The van der Waals surface area contributed by atoms with E-state index < -0.39 is 10.0 Å². The first kappa shape index (κ1) is 14.6. The Labute approximate surface area is 117 Å². The van der Waals surface area contributed by atoms with Gasteiger partial charge in [0.1, 0.15) is 4.90 Å². The Morgan fingerprint density at radius 3 is 2.90 bits per heavy atom. The zero-order valence-electron chi connectivity index (χ0n) is 11.2. The summed E-state index contributed by atoms with van der Waals surface area (Å²) < 4.78 is 28.6. The van der Waals surface area contributed by atoms with Gasteiger partial charge in [-0.1, -0.05) is 0 Å². The SMILES string of the molecule is Cn1cc(CCNS(=O)(=O)c2cccnc2CN)cn1. The van der Waals surface area contributed by atoms with Gasteiger partial charge in [-0.3, -0.25) is 9.67 Å². The Hall–Kier alpha value is -1.77. The molecule has 0 aliphatic heterocycles. The van der Waals surface area contributed by atoms with Crippen molar-refractivity contribution in [3.05, 3.63) is 42.0 Å². The second-order valence-corrected chi connectivity index (χ2v) is 6.06. The lowest BCUT2D eigenvalue weighted by Gasteiger charge is -2.09. The summed E-state index contributed by atoms with van der Waals surface area (Å²) in [6, 6.07) is 3.08. The summed E-state index contributed by atoms with van der Waals surface area (Å²) in [4.78, 5) is 4.11. The van der Waals surface area contributed by atoms with Gasteiger partial charge in [0.15, 0.2) is 0 Å². The molecule has 3 N–H and O–H groups in total. The van der Waals surface area contributed by atoms with Gasteiger partial charge >= 0.3 is 0 Å². The standard InChI is InChI=1S/C12H17N5O2S/c1-17-9-10(8-15-17)4-6-16-20(18,19)12-3-2-5-14-11(12)7-13/h2-3,5,8-9,16H,4,6-7,13H2,1H3. The molecule has 20 heavy (non-hydrogen) atoms. The van der Waals surface area contributed by atoms with E-state index in [1.807, 2.05) is 13.2 Å². The fourth-order valence-electron chi connectivity index (χ4n) is 1.83. The largest absolute Gasteiger partial charge is 0.325 e. The molecule has 0 aliphatic rings. The van der Waals surface area contributed by atoms with Crippen molar-refractivity contribution in [2.45, 2.75) is 17.9 Å².